The Hall–Kier alpha value is -2.64. The van der Waals surface area contributed by atoms with Crippen molar-refractivity contribution in [2.45, 2.75) is 46.6 Å². The Kier molecular flexibility index (Phi) is 8.47. The fourth-order valence-electron chi connectivity index (χ4n) is 3.30. The average Bonchev–Trinajstić information content (AvgIpc) is 3.11. The maximum absolute atomic E-state index is 13.0. The van der Waals surface area contributed by atoms with Crippen molar-refractivity contribution in [3.05, 3.63) is 57.3 Å². The lowest BCUT2D eigenvalue weighted by Gasteiger charge is -2.08. The van der Waals surface area contributed by atoms with Gasteiger partial charge in [0.1, 0.15) is 12.3 Å². The zero-order chi connectivity index (χ0) is 23.1. The van der Waals surface area contributed by atoms with Gasteiger partial charge >= 0.3 is 5.97 Å². The molecule has 0 unspecified atom stereocenters. The van der Waals surface area contributed by atoms with Crippen LogP contribution in [0.15, 0.2) is 41.4 Å². The Morgan fingerprint density at radius 2 is 1.97 bits per heavy atom. The number of benzene rings is 2. The summed E-state index contributed by atoms with van der Waals surface area (Å²) in [4.78, 5) is 30.0. The number of carbonyl (C=O) groups excluding carboxylic acids is 2. The van der Waals surface area contributed by atoms with E-state index < -0.39 is 11.9 Å². The molecule has 0 N–H and O–H groups in total. The number of nitrogens with zero attached hydrogens (tertiary/aromatic N) is 2. The largest absolute Gasteiger partial charge is 0.494 e. The van der Waals surface area contributed by atoms with Gasteiger partial charge in [0.2, 0.25) is 0 Å². The summed E-state index contributed by atoms with van der Waals surface area (Å²) in [5.74, 6) is -0.166. The number of hydrogen-bond acceptors (Lipinski definition) is 5. The summed E-state index contributed by atoms with van der Waals surface area (Å²) in [5.41, 5.74) is 2.02. The van der Waals surface area contributed by atoms with Crippen LogP contribution in [0, 0.1) is 6.92 Å². The van der Waals surface area contributed by atoms with Crippen molar-refractivity contribution in [3.63, 3.8) is 0 Å². The monoisotopic (exact) mass is 474 g/mol. The number of aryl methyl sites for hydroxylation is 1. The average molecular weight is 475 g/mol. The second-order valence-electron chi connectivity index (χ2n) is 7.30. The summed E-state index contributed by atoms with van der Waals surface area (Å²) in [7, 11) is 0. The number of ether oxygens (including phenoxy) is 2. The quantitative estimate of drug-likeness (QED) is 0.301. The maximum atomic E-state index is 13.0. The number of esters is 1. The second-order valence-corrected chi connectivity index (χ2v) is 8.71. The standard InChI is InChI=1S/C24H27ClN2O4S/c1-4-6-7-13-31-18-10-8-9-17(14-18)23(29)26-24-27(15-21(28)30-5-2)22-16(3)19(25)11-12-20(22)32-24/h8-12,14H,4-7,13,15H2,1-3H3. The molecule has 6 nitrogen and oxygen atoms in total. The van der Waals surface area contributed by atoms with Crippen LogP contribution in [0.25, 0.3) is 10.2 Å². The number of carbonyl (C=O) groups is 2. The van der Waals surface area contributed by atoms with Crippen molar-refractivity contribution in [1.82, 2.24) is 4.57 Å². The van der Waals surface area contributed by atoms with Gasteiger partial charge in [-0.2, -0.15) is 4.99 Å². The minimum absolute atomic E-state index is 0.0539. The number of fused-ring (bicyclic) bond motifs is 1. The van der Waals surface area contributed by atoms with Crippen LogP contribution in [-0.4, -0.2) is 29.7 Å². The summed E-state index contributed by atoms with van der Waals surface area (Å²) in [5, 5.41) is 0.582. The van der Waals surface area contributed by atoms with E-state index in [1.54, 1.807) is 35.8 Å². The number of amides is 1. The van der Waals surface area contributed by atoms with E-state index in [1.165, 1.54) is 11.3 Å². The molecule has 0 saturated carbocycles. The number of aromatic nitrogens is 1. The molecule has 0 aliphatic rings. The molecule has 8 heteroatoms. The Bertz CT molecular complexity index is 1180. The van der Waals surface area contributed by atoms with Gasteiger partial charge in [0.15, 0.2) is 4.80 Å². The van der Waals surface area contributed by atoms with E-state index in [0.717, 1.165) is 35.0 Å². The van der Waals surface area contributed by atoms with Gasteiger partial charge in [-0.15, -0.1) is 0 Å². The SMILES string of the molecule is CCCCCOc1cccc(C(=O)N=c2sc3ccc(Cl)c(C)c3n2CC(=O)OCC)c1. The van der Waals surface area contributed by atoms with Crippen LogP contribution < -0.4 is 9.54 Å². The van der Waals surface area contributed by atoms with E-state index in [-0.39, 0.29) is 13.2 Å². The van der Waals surface area contributed by atoms with Gasteiger partial charge in [0.05, 0.1) is 23.4 Å². The highest BCUT2D eigenvalue weighted by Crippen LogP contribution is 2.27. The third-order valence-electron chi connectivity index (χ3n) is 4.92. The molecule has 0 bridgehead atoms. The first-order valence-corrected chi connectivity index (χ1v) is 11.9. The molecule has 3 aromatic rings. The van der Waals surface area contributed by atoms with Gasteiger partial charge in [-0.1, -0.05) is 48.8 Å². The predicted octanol–water partition coefficient (Wildman–Crippen LogP) is 5.54. The van der Waals surface area contributed by atoms with Crippen LogP contribution in [0.5, 0.6) is 5.75 Å². The zero-order valence-electron chi connectivity index (χ0n) is 18.5. The van der Waals surface area contributed by atoms with Gasteiger partial charge < -0.3 is 14.0 Å². The van der Waals surface area contributed by atoms with E-state index in [9.17, 15) is 9.59 Å². The maximum Gasteiger partial charge on any atom is 0.326 e. The molecule has 0 fully saturated rings. The van der Waals surface area contributed by atoms with E-state index in [4.69, 9.17) is 21.1 Å². The molecule has 1 heterocycles. The van der Waals surface area contributed by atoms with Crippen molar-refractivity contribution in [3.8, 4) is 5.75 Å². The van der Waals surface area contributed by atoms with E-state index >= 15 is 0 Å². The van der Waals surface area contributed by atoms with Gasteiger partial charge in [0, 0.05) is 10.6 Å². The molecule has 0 aliphatic carbocycles. The lowest BCUT2D eigenvalue weighted by atomic mass is 10.2. The summed E-state index contributed by atoms with van der Waals surface area (Å²) in [6.07, 6.45) is 3.19. The minimum atomic E-state index is -0.406. The molecule has 2 aromatic carbocycles. The lowest BCUT2D eigenvalue weighted by molar-refractivity contribution is -0.143. The Labute approximate surface area is 196 Å². The third kappa shape index (κ3) is 5.78. The van der Waals surface area contributed by atoms with Crippen molar-refractivity contribution < 1.29 is 19.1 Å². The first-order valence-electron chi connectivity index (χ1n) is 10.7. The molecule has 32 heavy (non-hydrogen) atoms. The summed E-state index contributed by atoms with van der Waals surface area (Å²) in [6, 6.07) is 10.7. The number of hydrogen-bond donors (Lipinski definition) is 0. The molecule has 1 amide bonds. The van der Waals surface area contributed by atoms with Crippen molar-refractivity contribution in [1.29, 1.82) is 0 Å². The molecule has 1 aromatic heterocycles. The van der Waals surface area contributed by atoms with Gasteiger partial charge in [-0.3, -0.25) is 9.59 Å². The van der Waals surface area contributed by atoms with Crippen molar-refractivity contribution in [2.24, 2.45) is 4.99 Å². The molecule has 3 rings (SSSR count). The smallest absolute Gasteiger partial charge is 0.326 e. The van der Waals surface area contributed by atoms with E-state index in [1.807, 2.05) is 19.1 Å². The number of halogens is 1. The predicted molar refractivity (Wildman–Crippen MR) is 128 cm³/mol. The molecule has 0 aliphatic heterocycles. The van der Waals surface area contributed by atoms with Gasteiger partial charge in [-0.25, -0.2) is 0 Å². The summed E-state index contributed by atoms with van der Waals surface area (Å²) >= 11 is 7.64. The zero-order valence-corrected chi connectivity index (χ0v) is 20.1. The first-order chi connectivity index (χ1) is 15.4. The van der Waals surface area contributed by atoms with Crippen molar-refractivity contribution in [2.75, 3.05) is 13.2 Å². The highest BCUT2D eigenvalue weighted by atomic mass is 35.5. The molecule has 0 radical (unpaired) electrons. The first kappa shape index (κ1) is 24.0. The Morgan fingerprint density at radius 1 is 1.16 bits per heavy atom. The molecule has 0 saturated heterocycles. The fraction of sp³-hybridized carbons (Fsp3) is 0.375. The third-order valence-corrected chi connectivity index (χ3v) is 6.37. The van der Waals surface area contributed by atoms with Crippen molar-refractivity contribution >= 4 is 45.0 Å². The molecule has 0 spiro atoms. The van der Waals surface area contributed by atoms with Crippen LogP contribution in [0.1, 0.15) is 49.0 Å². The van der Waals surface area contributed by atoms with Gasteiger partial charge in [0.25, 0.3) is 5.91 Å². The molecular weight excluding hydrogens is 448 g/mol. The molecule has 0 atom stereocenters. The van der Waals surface area contributed by atoms with Crippen LogP contribution in [0.2, 0.25) is 5.02 Å². The van der Waals surface area contributed by atoms with Crippen LogP contribution in [0.4, 0.5) is 0 Å². The second kappa shape index (κ2) is 11.3. The normalized spacial score (nSPS) is 11.7. The summed E-state index contributed by atoms with van der Waals surface area (Å²) < 4.78 is 13.5. The summed E-state index contributed by atoms with van der Waals surface area (Å²) in [6.45, 7) is 6.60. The Morgan fingerprint density at radius 3 is 2.72 bits per heavy atom. The van der Waals surface area contributed by atoms with Crippen LogP contribution in [-0.2, 0) is 16.1 Å². The number of thiazole rings is 1. The topological polar surface area (TPSA) is 69.9 Å². The van der Waals surface area contributed by atoms with Crippen LogP contribution in [0.3, 0.4) is 0 Å². The highest BCUT2D eigenvalue weighted by molar-refractivity contribution is 7.16. The van der Waals surface area contributed by atoms with E-state index in [0.29, 0.717) is 27.7 Å². The van der Waals surface area contributed by atoms with Crippen LogP contribution >= 0.6 is 22.9 Å². The molecular formula is C24H27ClN2O4S. The molecule has 170 valence electrons. The van der Waals surface area contributed by atoms with E-state index in [2.05, 4.69) is 11.9 Å². The number of rotatable bonds is 9. The van der Waals surface area contributed by atoms with Gasteiger partial charge in [-0.05, 0) is 56.2 Å². The Balaban J connectivity index is 1.97. The fourth-order valence-corrected chi connectivity index (χ4v) is 4.54. The lowest BCUT2D eigenvalue weighted by Crippen LogP contribution is -2.23. The highest BCUT2D eigenvalue weighted by Gasteiger charge is 2.16. The minimum Gasteiger partial charge on any atom is -0.494 e. The number of unbranched alkanes of at least 4 members (excludes halogenated alkanes) is 2.